The first-order valence-electron chi connectivity index (χ1n) is 7.35. The minimum atomic E-state index is -4.45. The summed E-state index contributed by atoms with van der Waals surface area (Å²) < 4.78 is 46.7. The van der Waals surface area contributed by atoms with E-state index < -0.39 is 12.2 Å². The van der Waals surface area contributed by atoms with Gasteiger partial charge in [0.1, 0.15) is 6.04 Å². The number of nitrogens with one attached hydrogen (secondary N) is 1. The van der Waals surface area contributed by atoms with Crippen molar-refractivity contribution in [1.82, 2.24) is 25.2 Å². The molecule has 1 N–H and O–H groups in total. The molecule has 2 rings (SSSR count). The lowest BCUT2D eigenvalue weighted by atomic mass is 10.0. The van der Waals surface area contributed by atoms with Crippen molar-refractivity contribution in [2.24, 2.45) is 7.05 Å². The molecule has 128 valence electrons. The van der Waals surface area contributed by atoms with Crippen LogP contribution in [0, 0.1) is 13.8 Å². The molecule has 0 fully saturated rings. The summed E-state index contributed by atoms with van der Waals surface area (Å²) in [5.74, 6) is 0.642. The standard InChI is InChI=1S/C14H20F3N5O/c1-5-6-10-19-11(23-21-10)7-18-13(14(15,16)17)12-8(2)20-22(4)9(12)3/h13,18H,5-7H2,1-4H3/t13-/m0/s1. The van der Waals surface area contributed by atoms with Crippen LogP contribution in [0.15, 0.2) is 4.52 Å². The van der Waals surface area contributed by atoms with Crippen LogP contribution in [-0.4, -0.2) is 26.1 Å². The summed E-state index contributed by atoms with van der Waals surface area (Å²) in [7, 11) is 1.62. The average Bonchev–Trinajstić information content (AvgIpc) is 2.98. The molecule has 0 aliphatic heterocycles. The fraction of sp³-hybridized carbons (Fsp3) is 0.643. The van der Waals surface area contributed by atoms with Crippen molar-refractivity contribution in [2.45, 2.75) is 52.4 Å². The summed E-state index contributed by atoms with van der Waals surface area (Å²) in [5, 5.41) is 10.3. The van der Waals surface area contributed by atoms with E-state index in [1.807, 2.05) is 6.92 Å². The van der Waals surface area contributed by atoms with Gasteiger partial charge in [0, 0.05) is 24.7 Å². The SMILES string of the molecule is CCCc1noc(CN[C@@H](c2c(C)nn(C)c2C)C(F)(F)F)n1. The first-order chi connectivity index (χ1) is 10.7. The Labute approximate surface area is 132 Å². The molecule has 6 nitrogen and oxygen atoms in total. The second-order valence-corrected chi connectivity index (χ2v) is 5.42. The van der Waals surface area contributed by atoms with E-state index in [2.05, 4.69) is 20.6 Å². The van der Waals surface area contributed by atoms with Gasteiger partial charge >= 0.3 is 6.18 Å². The monoisotopic (exact) mass is 331 g/mol. The molecule has 0 bridgehead atoms. The lowest BCUT2D eigenvalue weighted by molar-refractivity contribution is -0.158. The molecule has 0 saturated carbocycles. The maximum Gasteiger partial charge on any atom is 0.408 e. The van der Waals surface area contributed by atoms with Crippen LogP contribution < -0.4 is 5.32 Å². The van der Waals surface area contributed by atoms with Crippen molar-refractivity contribution < 1.29 is 17.7 Å². The molecular weight excluding hydrogens is 311 g/mol. The molecule has 0 amide bonds. The highest BCUT2D eigenvalue weighted by molar-refractivity contribution is 5.29. The highest BCUT2D eigenvalue weighted by atomic mass is 19.4. The smallest absolute Gasteiger partial charge is 0.338 e. The van der Waals surface area contributed by atoms with Gasteiger partial charge in [-0.05, 0) is 20.3 Å². The Morgan fingerprint density at radius 2 is 2.00 bits per heavy atom. The van der Waals surface area contributed by atoms with Crippen LogP contribution >= 0.6 is 0 Å². The predicted octanol–water partition coefficient (Wildman–Crippen LogP) is 2.77. The summed E-state index contributed by atoms with van der Waals surface area (Å²) in [6.45, 7) is 4.98. The Bertz CT molecular complexity index is 662. The van der Waals surface area contributed by atoms with E-state index in [-0.39, 0.29) is 18.0 Å². The summed E-state index contributed by atoms with van der Waals surface area (Å²) >= 11 is 0. The molecule has 2 aromatic rings. The van der Waals surface area contributed by atoms with Crippen molar-refractivity contribution in [1.29, 1.82) is 0 Å². The summed E-state index contributed by atoms with van der Waals surface area (Å²) in [6.07, 6.45) is -2.98. The molecular formula is C14H20F3N5O. The van der Waals surface area contributed by atoms with E-state index in [1.54, 1.807) is 20.9 Å². The number of halogens is 3. The number of nitrogens with zero attached hydrogens (tertiary/aromatic N) is 4. The van der Waals surface area contributed by atoms with E-state index in [9.17, 15) is 13.2 Å². The minimum absolute atomic E-state index is 0.133. The lowest BCUT2D eigenvalue weighted by Gasteiger charge is -2.21. The van der Waals surface area contributed by atoms with Gasteiger partial charge in [-0.25, -0.2) is 0 Å². The van der Waals surface area contributed by atoms with Crippen molar-refractivity contribution in [3.63, 3.8) is 0 Å². The Hall–Kier alpha value is -1.90. The lowest BCUT2D eigenvalue weighted by Crippen LogP contribution is -2.34. The number of hydrogen-bond donors (Lipinski definition) is 1. The van der Waals surface area contributed by atoms with Crippen LogP contribution in [-0.2, 0) is 20.0 Å². The molecule has 0 spiro atoms. The first kappa shape index (κ1) is 17.5. The molecule has 23 heavy (non-hydrogen) atoms. The zero-order valence-corrected chi connectivity index (χ0v) is 13.5. The largest absolute Gasteiger partial charge is 0.408 e. The van der Waals surface area contributed by atoms with Crippen LogP contribution in [0.5, 0.6) is 0 Å². The van der Waals surface area contributed by atoms with Gasteiger partial charge in [0.2, 0.25) is 5.89 Å². The molecule has 0 unspecified atom stereocenters. The number of rotatable bonds is 6. The Kier molecular flexibility index (Phi) is 5.08. The Balaban J connectivity index is 2.19. The maximum absolute atomic E-state index is 13.4. The average molecular weight is 331 g/mol. The van der Waals surface area contributed by atoms with Gasteiger partial charge in [-0.15, -0.1) is 0 Å². The van der Waals surface area contributed by atoms with Gasteiger partial charge in [0.15, 0.2) is 5.82 Å². The highest BCUT2D eigenvalue weighted by Gasteiger charge is 2.43. The molecule has 1 atom stereocenters. The van der Waals surface area contributed by atoms with Gasteiger partial charge in [-0.2, -0.15) is 23.3 Å². The van der Waals surface area contributed by atoms with Crippen molar-refractivity contribution >= 4 is 0 Å². The third kappa shape index (κ3) is 3.90. The van der Waals surface area contributed by atoms with E-state index in [0.29, 0.717) is 23.6 Å². The van der Waals surface area contributed by atoms with E-state index in [1.165, 1.54) is 4.68 Å². The number of aromatic nitrogens is 4. The topological polar surface area (TPSA) is 68.8 Å². The van der Waals surface area contributed by atoms with Gasteiger partial charge in [0.05, 0.1) is 12.2 Å². The number of alkyl halides is 3. The number of hydrogen-bond acceptors (Lipinski definition) is 5. The minimum Gasteiger partial charge on any atom is -0.338 e. The third-order valence-electron chi connectivity index (χ3n) is 3.62. The third-order valence-corrected chi connectivity index (χ3v) is 3.62. The molecule has 2 heterocycles. The van der Waals surface area contributed by atoms with Crippen LogP contribution in [0.4, 0.5) is 13.2 Å². The second-order valence-electron chi connectivity index (χ2n) is 5.42. The second kappa shape index (κ2) is 6.69. The van der Waals surface area contributed by atoms with E-state index in [4.69, 9.17) is 4.52 Å². The van der Waals surface area contributed by atoms with Crippen LogP contribution in [0.2, 0.25) is 0 Å². The van der Waals surface area contributed by atoms with Gasteiger partial charge in [-0.1, -0.05) is 12.1 Å². The van der Waals surface area contributed by atoms with Crippen molar-refractivity contribution in [3.8, 4) is 0 Å². The van der Waals surface area contributed by atoms with Gasteiger partial charge < -0.3 is 4.52 Å². The summed E-state index contributed by atoms with van der Waals surface area (Å²) in [4.78, 5) is 4.07. The van der Waals surface area contributed by atoms with Crippen molar-refractivity contribution in [3.05, 3.63) is 28.7 Å². The predicted molar refractivity (Wildman–Crippen MR) is 76.6 cm³/mol. The summed E-state index contributed by atoms with van der Waals surface area (Å²) in [6, 6.07) is -1.84. The molecule has 0 aromatic carbocycles. The summed E-state index contributed by atoms with van der Waals surface area (Å²) in [5.41, 5.74) is 0.944. The molecule has 2 aromatic heterocycles. The Morgan fingerprint density at radius 3 is 2.52 bits per heavy atom. The first-order valence-corrected chi connectivity index (χ1v) is 7.35. The normalized spacial score (nSPS) is 13.5. The molecule has 9 heteroatoms. The molecule has 0 aliphatic carbocycles. The highest BCUT2D eigenvalue weighted by Crippen LogP contribution is 2.35. The quantitative estimate of drug-likeness (QED) is 0.881. The van der Waals surface area contributed by atoms with Gasteiger partial charge in [0.25, 0.3) is 0 Å². The molecule has 0 aliphatic rings. The van der Waals surface area contributed by atoms with Crippen molar-refractivity contribution in [2.75, 3.05) is 0 Å². The number of aryl methyl sites for hydroxylation is 3. The Morgan fingerprint density at radius 1 is 1.30 bits per heavy atom. The zero-order chi connectivity index (χ0) is 17.2. The van der Waals surface area contributed by atoms with Gasteiger partial charge in [-0.3, -0.25) is 10.00 Å². The van der Waals surface area contributed by atoms with Crippen LogP contribution in [0.3, 0.4) is 0 Å². The molecule has 0 saturated heterocycles. The van der Waals surface area contributed by atoms with E-state index >= 15 is 0 Å². The van der Waals surface area contributed by atoms with Crippen LogP contribution in [0.25, 0.3) is 0 Å². The molecule has 0 radical (unpaired) electrons. The van der Waals surface area contributed by atoms with E-state index in [0.717, 1.165) is 6.42 Å². The van der Waals surface area contributed by atoms with Crippen LogP contribution in [0.1, 0.15) is 48.1 Å². The fourth-order valence-corrected chi connectivity index (χ4v) is 2.47. The maximum atomic E-state index is 13.4. The fourth-order valence-electron chi connectivity index (χ4n) is 2.47. The zero-order valence-electron chi connectivity index (χ0n) is 13.5.